The van der Waals surface area contributed by atoms with Crippen molar-refractivity contribution in [2.45, 2.75) is 37.6 Å². The van der Waals surface area contributed by atoms with Gasteiger partial charge in [-0.25, -0.2) is 8.78 Å². The topological polar surface area (TPSA) is 26.0 Å². The second-order valence-corrected chi connectivity index (χ2v) is 3.51. The molecular weight excluding hydrogens is 196 g/mol. The lowest BCUT2D eigenvalue weighted by atomic mass is 9.82. The molecule has 2 N–H and O–H groups in total. The van der Waals surface area contributed by atoms with Crippen molar-refractivity contribution in [3.8, 4) is 0 Å². The molecule has 1 atom stereocenters. The van der Waals surface area contributed by atoms with Crippen LogP contribution in [0.15, 0.2) is 12.7 Å². The summed E-state index contributed by atoms with van der Waals surface area (Å²) < 4.78 is 25.4. The average molecular weight is 212 g/mol. The second-order valence-electron chi connectivity index (χ2n) is 3.51. The maximum Gasteiger partial charge on any atom is 0.248 e. The minimum Gasteiger partial charge on any atom is -0.324 e. The molecule has 0 spiro atoms. The van der Waals surface area contributed by atoms with E-state index in [9.17, 15) is 8.78 Å². The van der Waals surface area contributed by atoms with Gasteiger partial charge in [0.1, 0.15) is 0 Å². The number of hydrogen-bond donors (Lipinski definition) is 1. The lowest BCUT2D eigenvalue weighted by molar-refractivity contribution is -0.0467. The Hall–Kier alpha value is -0.150. The number of halogens is 3. The lowest BCUT2D eigenvalue weighted by Gasteiger charge is -2.30. The van der Waals surface area contributed by atoms with E-state index in [0.29, 0.717) is 12.8 Å². The van der Waals surface area contributed by atoms with Crippen LogP contribution in [0.2, 0.25) is 0 Å². The largest absolute Gasteiger partial charge is 0.324 e. The maximum atomic E-state index is 12.7. The normalized spacial score (nSPS) is 24.5. The third-order valence-corrected chi connectivity index (χ3v) is 2.58. The van der Waals surface area contributed by atoms with Crippen molar-refractivity contribution < 1.29 is 8.78 Å². The molecule has 1 aliphatic carbocycles. The zero-order valence-electron chi connectivity index (χ0n) is 7.51. The molecule has 4 heteroatoms. The molecule has 0 saturated heterocycles. The maximum absolute atomic E-state index is 12.7. The summed E-state index contributed by atoms with van der Waals surface area (Å²) in [4.78, 5) is 0. The highest BCUT2D eigenvalue weighted by molar-refractivity contribution is 5.85. The molecule has 1 aliphatic rings. The SMILES string of the molecule is C=CC(N)C1CCC(F)(F)CC1.Cl. The van der Waals surface area contributed by atoms with Crippen LogP contribution in [-0.2, 0) is 0 Å². The summed E-state index contributed by atoms with van der Waals surface area (Å²) in [5.41, 5.74) is 5.67. The van der Waals surface area contributed by atoms with Gasteiger partial charge < -0.3 is 5.73 Å². The van der Waals surface area contributed by atoms with Crippen LogP contribution in [0.1, 0.15) is 25.7 Å². The van der Waals surface area contributed by atoms with Crippen molar-refractivity contribution >= 4 is 12.4 Å². The van der Waals surface area contributed by atoms with Gasteiger partial charge in [-0.05, 0) is 18.8 Å². The van der Waals surface area contributed by atoms with E-state index in [-0.39, 0.29) is 37.2 Å². The Bertz CT molecular complexity index is 163. The molecule has 1 nitrogen and oxygen atoms in total. The third kappa shape index (κ3) is 3.61. The van der Waals surface area contributed by atoms with Crippen molar-refractivity contribution in [3.63, 3.8) is 0 Å². The number of hydrogen-bond acceptors (Lipinski definition) is 1. The summed E-state index contributed by atoms with van der Waals surface area (Å²) in [6.07, 6.45) is 2.67. The Labute approximate surface area is 83.8 Å². The Balaban J connectivity index is 0.00000144. The first-order valence-corrected chi connectivity index (χ1v) is 4.31. The van der Waals surface area contributed by atoms with E-state index in [4.69, 9.17) is 5.73 Å². The molecule has 0 bridgehead atoms. The molecular formula is C9H16ClF2N. The van der Waals surface area contributed by atoms with Crippen molar-refractivity contribution in [1.82, 2.24) is 0 Å². The zero-order valence-corrected chi connectivity index (χ0v) is 8.33. The van der Waals surface area contributed by atoms with Crippen LogP contribution in [0.3, 0.4) is 0 Å². The molecule has 1 fully saturated rings. The highest BCUT2D eigenvalue weighted by Gasteiger charge is 2.36. The fraction of sp³-hybridized carbons (Fsp3) is 0.778. The van der Waals surface area contributed by atoms with Crippen molar-refractivity contribution in [1.29, 1.82) is 0 Å². The van der Waals surface area contributed by atoms with Gasteiger partial charge in [0.2, 0.25) is 5.92 Å². The van der Waals surface area contributed by atoms with Gasteiger partial charge in [-0.2, -0.15) is 0 Å². The Kier molecular flexibility index (Phi) is 4.86. The summed E-state index contributed by atoms with van der Waals surface area (Å²) in [5, 5.41) is 0. The Morgan fingerprint density at radius 3 is 2.23 bits per heavy atom. The van der Waals surface area contributed by atoms with E-state index in [1.54, 1.807) is 6.08 Å². The van der Waals surface area contributed by atoms with Gasteiger partial charge in [-0.3, -0.25) is 0 Å². The van der Waals surface area contributed by atoms with Crippen LogP contribution < -0.4 is 5.73 Å². The van der Waals surface area contributed by atoms with Gasteiger partial charge in [0.15, 0.2) is 0 Å². The third-order valence-electron chi connectivity index (χ3n) is 2.58. The predicted molar refractivity (Wildman–Crippen MR) is 52.3 cm³/mol. The quantitative estimate of drug-likeness (QED) is 0.699. The van der Waals surface area contributed by atoms with E-state index in [0.717, 1.165) is 0 Å². The van der Waals surface area contributed by atoms with Crippen LogP contribution in [0.25, 0.3) is 0 Å². The van der Waals surface area contributed by atoms with Crippen molar-refractivity contribution in [2.24, 2.45) is 11.7 Å². The summed E-state index contributed by atoms with van der Waals surface area (Å²) in [6.45, 7) is 3.56. The van der Waals surface area contributed by atoms with Gasteiger partial charge >= 0.3 is 0 Å². The summed E-state index contributed by atoms with van der Waals surface area (Å²) in [5.74, 6) is -2.24. The summed E-state index contributed by atoms with van der Waals surface area (Å²) in [7, 11) is 0. The molecule has 13 heavy (non-hydrogen) atoms. The first kappa shape index (κ1) is 12.8. The van der Waals surface area contributed by atoms with E-state index in [2.05, 4.69) is 6.58 Å². The summed E-state index contributed by atoms with van der Waals surface area (Å²) >= 11 is 0. The van der Waals surface area contributed by atoms with Crippen LogP contribution in [0.4, 0.5) is 8.78 Å². The predicted octanol–water partition coefficient (Wildman–Crippen LogP) is 2.75. The monoisotopic (exact) mass is 211 g/mol. The smallest absolute Gasteiger partial charge is 0.248 e. The van der Waals surface area contributed by atoms with Crippen LogP contribution in [0, 0.1) is 5.92 Å². The molecule has 0 radical (unpaired) electrons. The molecule has 0 aromatic heterocycles. The Morgan fingerprint density at radius 1 is 1.38 bits per heavy atom. The molecule has 0 aliphatic heterocycles. The van der Waals surface area contributed by atoms with Gasteiger partial charge in [0, 0.05) is 18.9 Å². The fourth-order valence-electron chi connectivity index (χ4n) is 1.64. The van der Waals surface area contributed by atoms with E-state index < -0.39 is 5.92 Å². The van der Waals surface area contributed by atoms with Crippen LogP contribution in [-0.4, -0.2) is 12.0 Å². The molecule has 0 amide bonds. The van der Waals surface area contributed by atoms with E-state index in [1.807, 2.05) is 0 Å². The lowest BCUT2D eigenvalue weighted by Crippen LogP contribution is -2.34. The molecule has 0 aromatic carbocycles. The molecule has 1 rings (SSSR count). The number of rotatable bonds is 2. The van der Waals surface area contributed by atoms with Crippen LogP contribution >= 0.6 is 12.4 Å². The zero-order chi connectivity index (χ0) is 9.19. The van der Waals surface area contributed by atoms with Gasteiger partial charge in [0.25, 0.3) is 0 Å². The van der Waals surface area contributed by atoms with Crippen LogP contribution in [0.5, 0.6) is 0 Å². The summed E-state index contributed by atoms with van der Waals surface area (Å²) in [6, 6.07) is -0.110. The fourth-order valence-corrected chi connectivity index (χ4v) is 1.64. The molecule has 78 valence electrons. The molecule has 0 heterocycles. The van der Waals surface area contributed by atoms with Gasteiger partial charge in [0.05, 0.1) is 0 Å². The van der Waals surface area contributed by atoms with Gasteiger partial charge in [-0.1, -0.05) is 6.08 Å². The van der Waals surface area contributed by atoms with E-state index in [1.165, 1.54) is 0 Å². The highest BCUT2D eigenvalue weighted by Crippen LogP contribution is 2.37. The van der Waals surface area contributed by atoms with E-state index >= 15 is 0 Å². The second kappa shape index (κ2) is 4.91. The first-order valence-electron chi connectivity index (χ1n) is 4.31. The number of alkyl halides is 2. The molecule has 1 unspecified atom stereocenters. The first-order chi connectivity index (χ1) is 5.55. The van der Waals surface area contributed by atoms with Crippen molar-refractivity contribution in [3.05, 3.63) is 12.7 Å². The van der Waals surface area contributed by atoms with Crippen molar-refractivity contribution in [2.75, 3.05) is 0 Å². The Morgan fingerprint density at radius 2 is 1.85 bits per heavy atom. The minimum atomic E-state index is -2.45. The molecule has 0 aromatic rings. The average Bonchev–Trinajstić information content (AvgIpc) is 2.03. The van der Waals surface area contributed by atoms with Gasteiger partial charge in [-0.15, -0.1) is 19.0 Å². The minimum absolute atomic E-state index is 0. The standard InChI is InChI=1S/C9H15F2N.ClH/c1-2-8(12)7-3-5-9(10,11)6-4-7;/h2,7-8H,1,3-6,12H2;1H. The number of nitrogens with two attached hydrogens (primary N) is 1. The highest BCUT2D eigenvalue weighted by atomic mass is 35.5. The molecule has 1 saturated carbocycles.